The number of allylic oxidation sites excluding steroid dienone is 2. The van der Waals surface area contributed by atoms with Crippen molar-refractivity contribution >= 4 is 0 Å². The molecule has 0 aliphatic carbocycles. The maximum Gasteiger partial charge on any atom is 0 e. The van der Waals surface area contributed by atoms with Gasteiger partial charge in [-0.1, -0.05) is 20.8 Å². The minimum Gasteiger partial charge on any atom is -0.498 e. The van der Waals surface area contributed by atoms with Gasteiger partial charge in [0.05, 0.1) is 0 Å². The third-order valence-corrected chi connectivity index (χ3v) is 0.500. The first-order chi connectivity index (χ1) is 2.77. The van der Waals surface area contributed by atoms with Gasteiger partial charge in [-0.25, -0.2) is 0 Å². The summed E-state index contributed by atoms with van der Waals surface area (Å²) in [4.78, 5) is 0. The van der Waals surface area contributed by atoms with Crippen LogP contribution in [0.5, 0.6) is 0 Å². The first kappa shape index (κ1) is 10.8. The van der Waals surface area contributed by atoms with E-state index in [0.29, 0.717) is 5.92 Å². The van der Waals surface area contributed by atoms with Gasteiger partial charge in [0.1, 0.15) is 0 Å². The summed E-state index contributed by atoms with van der Waals surface area (Å²) in [5, 5.41) is 0. The molecule has 0 N–H and O–H groups in total. The molecule has 0 fully saturated rings. The average Bonchev–Trinajstić information content (AvgIpc) is 1.35. The molecule has 0 saturated heterocycles. The van der Waals surface area contributed by atoms with Crippen LogP contribution in [0, 0.1) is 12.0 Å². The maximum atomic E-state index is 3.08. The Labute approximate surface area is 71.3 Å². The molecular weight excluding hydrogens is 161 g/mol. The summed E-state index contributed by atoms with van der Waals surface area (Å²) >= 11 is 0. The third kappa shape index (κ3) is 10.9. The van der Waals surface area contributed by atoms with Gasteiger partial charge >= 0.3 is 0 Å². The molecule has 0 rings (SSSR count). The van der Waals surface area contributed by atoms with Crippen LogP contribution >= 0.6 is 0 Å². The average molecular weight is 172 g/mol. The maximum absolute atomic E-state index is 3.08. The molecule has 0 aliphatic rings. The molecule has 0 aromatic carbocycles. The molecule has 0 amide bonds. The second-order valence-electron chi connectivity index (χ2n) is 1.61. The smallest absolute Gasteiger partial charge is 0 e. The molecule has 0 saturated carbocycles. The van der Waals surface area contributed by atoms with Crippen molar-refractivity contribution in [3.8, 4) is 0 Å². The van der Waals surface area contributed by atoms with Crippen molar-refractivity contribution in [1.29, 1.82) is 0 Å². The van der Waals surface area contributed by atoms with E-state index in [1.165, 1.54) is 0 Å². The van der Waals surface area contributed by atoms with Crippen molar-refractivity contribution in [2.45, 2.75) is 20.8 Å². The van der Waals surface area contributed by atoms with Gasteiger partial charge in [0.2, 0.25) is 0 Å². The van der Waals surface area contributed by atoms with Crippen LogP contribution in [-0.2, 0) is 32.7 Å². The van der Waals surface area contributed by atoms with Crippen LogP contribution in [0.15, 0.2) is 6.08 Å². The summed E-state index contributed by atoms with van der Waals surface area (Å²) in [7, 11) is 0. The fourth-order valence-corrected chi connectivity index (χ4v) is 0.333. The van der Waals surface area contributed by atoms with Gasteiger partial charge in [-0.3, -0.25) is 6.08 Å². The first-order valence-corrected chi connectivity index (χ1v) is 2.31. The molecule has 7 heavy (non-hydrogen) atoms. The Morgan fingerprint density at radius 1 is 1.43 bits per heavy atom. The van der Waals surface area contributed by atoms with Crippen molar-refractivity contribution in [3.05, 3.63) is 12.2 Å². The standard InChI is InChI=1S/C6H11.Y/c1-4-5-6(2)3;/h4,6H,1-3H3;/q-1;. The van der Waals surface area contributed by atoms with Gasteiger partial charge in [-0.15, -0.1) is 0 Å². The zero-order valence-electron chi connectivity index (χ0n) is 5.23. The Hall–Kier alpha value is 0.844. The van der Waals surface area contributed by atoms with Gasteiger partial charge in [0.25, 0.3) is 0 Å². The normalized spacial score (nSPS) is 9.71. The molecular formula is C6H11Y-. The van der Waals surface area contributed by atoms with Gasteiger partial charge in [0, 0.05) is 32.7 Å². The Morgan fingerprint density at radius 2 is 1.86 bits per heavy atom. The summed E-state index contributed by atoms with van der Waals surface area (Å²) < 4.78 is 0. The van der Waals surface area contributed by atoms with Crippen molar-refractivity contribution in [3.63, 3.8) is 0 Å². The minimum absolute atomic E-state index is 0. The minimum atomic E-state index is 0. The van der Waals surface area contributed by atoms with Crippen molar-refractivity contribution < 1.29 is 32.7 Å². The van der Waals surface area contributed by atoms with E-state index in [-0.39, 0.29) is 32.7 Å². The van der Waals surface area contributed by atoms with E-state index in [4.69, 9.17) is 0 Å². The molecule has 0 aliphatic heterocycles. The van der Waals surface area contributed by atoms with E-state index in [1.807, 2.05) is 13.0 Å². The second kappa shape index (κ2) is 6.84. The van der Waals surface area contributed by atoms with E-state index in [0.717, 1.165) is 0 Å². The Balaban J connectivity index is 0. The molecule has 0 unspecified atom stereocenters. The molecule has 39 valence electrons. The van der Waals surface area contributed by atoms with Crippen LogP contribution in [0.25, 0.3) is 0 Å². The molecule has 0 aromatic heterocycles. The fraction of sp³-hybridized carbons (Fsp3) is 0.667. The monoisotopic (exact) mass is 172 g/mol. The quantitative estimate of drug-likeness (QED) is 0.531. The molecule has 1 radical (unpaired) electrons. The van der Waals surface area contributed by atoms with Crippen LogP contribution in [0.3, 0.4) is 0 Å². The van der Waals surface area contributed by atoms with Crippen molar-refractivity contribution in [1.82, 2.24) is 0 Å². The predicted octanol–water partition coefficient (Wildman–Crippen LogP) is 2.02. The number of rotatable bonds is 1. The number of hydrogen-bond donors (Lipinski definition) is 0. The summed E-state index contributed by atoms with van der Waals surface area (Å²) in [5.41, 5.74) is 0. The predicted molar refractivity (Wildman–Crippen MR) is 28.3 cm³/mol. The van der Waals surface area contributed by atoms with E-state index in [1.54, 1.807) is 0 Å². The largest absolute Gasteiger partial charge is 0.498 e. The van der Waals surface area contributed by atoms with Crippen LogP contribution in [0.4, 0.5) is 0 Å². The summed E-state index contributed by atoms with van der Waals surface area (Å²) in [6.07, 6.45) is 5.03. The van der Waals surface area contributed by atoms with Crippen LogP contribution in [0.1, 0.15) is 20.8 Å². The van der Waals surface area contributed by atoms with Gasteiger partial charge in [-0.05, 0) is 0 Å². The van der Waals surface area contributed by atoms with E-state index < -0.39 is 0 Å². The van der Waals surface area contributed by atoms with Gasteiger partial charge in [-0.2, -0.15) is 5.92 Å². The topological polar surface area (TPSA) is 0 Å². The molecule has 0 heterocycles. The number of hydrogen-bond acceptors (Lipinski definition) is 0. The van der Waals surface area contributed by atoms with Crippen molar-refractivity contribution in [2.24, 2.45) is 5.92 Å². The van der Waals surface area contributed by atoms with Crippen molar-refractivity contribution in [2.75, 3.05) is 0 Å². The molecule has 0 atom stereocenters. The fourth-order valence-electron chi connectivity index (χ4n) is 0.333. The molecule has 0 aromatic rings. The van der Waals surface area contributed by atoms with E-state index >= 15 is 0 Å². The SMILES string of the molecule is CC=[C-]C(C)C.[Y]. The van der Waals surface area contributed by atoms with Crippen LogP contribution < -0.4 is 0 Å². The zero-order valence-corrected chi connectivity index (χ0v) is 8.07. The van der Waals surface area contributed by atoms with E-state index in [2.05, 4.69) is 19.9 Å². The summed E-state index contributed by atoms with van der Waals surface area (Å²) in [5.74, 6) is 0.593. The third-order valence-electron chi connectivity index (χ3n) is 0.500. The second-order valence-corrected chi connectivity index (χ2v) is 1.61. The molecule has 1 heteroatoms. The zero-order chi connectivity index (χ0) is 4.99. The Kier molecular flexibility index (Phi) is 10.5. The molecule has 0 nitrogen and oxygen atoms in total. The van der Waals surface area contributed by atoms with Crippen LogP contribution in [-0.4, -0.2) is 0 Å². The first-order valence-electron chi connectivity index (χ1n) is 2.31. The molecule has 0 spiro atoms. The Bertz CT molecular complexity index is 46.1. The van der Waals surface area contributed by atoms with Gasteiger partial charge in [0.15, 0.2) is 0 Å². The van der Waals surface area contributed by atoms with Crippen LogP contribution in [0.2, 0.25) is 0 Å². The van der Waals surface area contributed by atoms with E-state index in [9.17, 15) is 0 Å². The summed E-state index contributed by atoms with van der Waals surface area (Å²) in [6.45, 7) is 6.21. The Morgan fingerprint density at radius 3 is 1.86 bits per heavy atom. The van der Waals surface area contributed by atoms with Gasteiger partial charge < -0.3 is 6.08 Å². The summed E-state index contributed by atoms with van der Waals surface area (Å²) in [6, 6.07) is 0. The molecule has 0 bridgehead atoms.